The van der Waals surface area contributed by atoms with E-state index in [1.807, 2.05) is 30.3 Å². The molecule has 1 heterocycles. The molecule has 0 saturated carbocycles. The van der Waals surface area contributed by atoms with Crippen molar-refractivity contribution in [3.63, 3.8) is 0 Å². The molecule has 3 aromatic rings. The minimum atomic E-state index is -3.51. The minimum absolute atomic E-state index is 0.283. The van der Waals surface area contributed by atoms with E-state index in [4.69, 9.17) is 0 Å². The van der Waals surface area contributed by atoms with E-state index in [0.29, 0.717) is 4.90 Å². The number of sulfonamides is 1. The van der Waals surface area contributed by atoms with Crippen molar-refractivity contribution in [2.24, 2.45) is 0 Å². The van der Waals surface area contributed by atoms with Gasteiger partial charge in [-0.3, -0.25) is 5.10 Å². The Morgan fingerprint density at radius 2 is 1.90 bits per heavy atom. The monoisotopic (exact) mass is 301 g/mol. The highest BCUT2D eigenvalue weighted by Gasteiger charge is 2.21. The van der Waals surface area contributed by atoms with Crippen molar-refractivity contribution in [3.05, 3.63) is 60.4 Å². The van der Waals surface area contributed by atoms with Crippen LogP contribution in [0.25, 0.3) is 10.8 Å². The molecule has 21 heavy (non-hydrogen) atoms. The molecule has 0 saturated heterocycles. The third kappa shape index (κ3) is 2.68. The van der Waals surface area contributed by atoms with Gasteiger partial charge in [0, 0.05) is 25.4 Å². The number of aromatic nitrogens is 2. The predicted molar refractivity (Wildman–Crippen MR) is 81.2 cm³/mol. The Bertz CT molecular complexity index is 858. The molecule has 1 aromatic heterocycles. The lowest BCUT2D eigenvalue weighted by Gasteiger charge is -2.16. The number of hydrogen-bond acceptors (Lipinski definition) is 3. The Morgan fingerprint density at radius 1 is 1.14 bits per heavy atom. The van der Waals surface area contributed by atoms with Crippen molar-refractivity contribution in [2.75, 3.05) is 7.05 Å². The van der Waals surface area contributed by atoms with Crippen molar-refractivity contribution in [1.29, 1.82) is 0 Å². The molecular formula is C15H15N3O2S. The third-order valence-electron chi connectivity index (χ3n) is 3.39. The normalized spacial score (nSPS) is 12.1. The van der Waals surface area contributed by atoms with Gasteiger partial charge in [0.15, 0.2) is 0 Å². The Labute approximate surface area is 123 Å². The van der Waals surface area contributed by atoms with Crippen LogP contribution in [0.1, 0.15) is 5.56 Å². The first kappa shape index (κ1) is 13.8. The molecule has 6 heteroatoms. The molecule has 0 aliphatic heterocycles. The maximum absolute atomic E-state index is 12.6. The van der Waals surface area contributed by atoms with E-state index in [0.717, 1.165) is 16.3 Å². The second-order valence-corrected chi connectivity index (χ2v) is 6.92. The quantitative estimate of drug-likeness (QED) is 0.804. The lowest BCUT2D eigenvalue weighted by Crippen LogP contribution is -2.26. The molecule has 0 radical (unpaired) electrons. The maximum atomic E-state index is 12.6. The average molecular weight is 301 g/mol. The zero-order valence-electron chi connectivity index (χ0n) is 11.5. The highest BCUT2D eigenvalue weighted by atomic mass is 32.2. The summed E-state index contributed by atoms with van der Waals surface area (Å²) in [6, 6.07) is 12.9. The van der Waals surface area contributed by atoms with E-state index < -0.39 is 10.0 Å². The molecule has 1 N–H and O–H groups in total. The standard InChI is InChI=1S/C15H15N3O2S/c1-18(11-12-9-16-17-10-12)21(19,20)15-7-6-13-4-2-3-5-14(13)8-15/h2-10H,11H2,1H3,(H,16,17). The van der Waals surface area contributed by atoms with Gasteiger partial charge < -0.3 is 0 Å². The summed E-state index contributed by atoms with van der Waals surface area (Å²) >= 11 is 0. The van der Waals surface area contributed by atoms with Gasteiger partial charge >= 0.3 is 0 Å². The summed E-state index contributed by atoms with van der Waals surface area (Å²) in [6.45, 7) is 0.283. The van der Waals surface area contributed by atoms with Crippen LogP contribution >= 0.6 is 0 Å². The smallest absolute Gasteiger partial charge is 0.243 e. The van der Waals surface area contributed by atoms with Crippen molar-refractivity contribution in [1.82, 2.24) is 14.5 Å². The molecule has 0 aliphatic rings. The molecule has 0 amide bonds. The van der Waals surface area contributed by atoms with Crippen LogP contribution in [0.2, 0.25) is 0 Å². The van der Waals surface area contributed by atoms with Gasteiger partial charge in [0.1, 0.15) is 0 Å². The van der Waals surface area contributed by atoms with Crippen LogP contribution in [0.15, 0.2) is 59.8 Å². The topological polar surface area (TPSA) is 66.1 Å². The lowest BCUT2D eigenvalue weighted by molar-refractivity contribution is 0.467. The zero-order valence-corrected chi connectivity index (χ0v) is 12.3. The van der Waals surface area contributed by atoms with Crippen molar-refractivity contribution in [2.45, 2.75) is 11.4 Å². The van der Waals surface area contributed by atoms with Crippen LogP contribution in [0.3, 0.4) is 0 Å². The summed E-state index contributed by atoms with van der Waals surface area (Å²) in [6.07, 6.45) is 3.30. The first-order valence-corrected chi connectivity index (χ1v) is 7.94. The SMILES string of the molecule is CN(Cc1cn[nH]c1)S(=O)(=O)c1ccc2ccccc2c1. The fraction of sp³-hybridized carbons (Fsp3) is 0.133. The number of aromatic amines is 1. The highest BCUT2D eigenvalue weighted by Crippen LogP contribution is 2.22. The molecule has 0 atom stereocenters. The van der Waals surface area contributed by atoms with Gasteiger partial charge in [0.05, 0.1) is 11.1 Å². The number of hydrogen-bond donors (Lipinski definition) is 1. The summed E-state index contributed by atoms with van der Waals surface area (Å²) in [5.74, 6) is 0. The van der Waals surface area contributed by atoms with Crippen LogP contribution in [0.5, 0.6) is 0 Å². The Hall–Kier alpha value is -2.18. The summed E-state index contributed by atoms with van der Waals surface area (Å²) in [7, 11) is -1.95. The van der Waals surface area contributed by atoms with E-state index in [9.17, 15) is 8.42 Å². The molecule has 3 rings (SSSR count). The predicted octanol–water partition coefficient (Wildman–Crippen LogP) is 2.38. The van der Waals surface area contributed by atoms with Gasteiger partial charge in [-0.05, 0) is 22.9 Å². The first-order chi connectivity index (χ1) is 10.1. The number of rotatable bonds is 4. The van der Waals surface area contributed by atoms with E-state index in [1.54, 1.807) is 31.6 Å². The van der Waals surface area contributed by atoms with E-state index in [1.165, 1.54) is 4.31 Å². The van der Waals surface area contributed by atoms with Gasteiger partial charge in [-0.1, -0.05) is 30.3 Å². The number of benzene rings is 2. The minimum Gasteiger partial charge on any atom is -0.285 e. The summed E-state index contributed by atoms with van der Waals surface area (Å²) < 4.78 is 26.5. The first-order valence-electron chi connectivity index (χ1n) is 6.50. The van der Waals surface area contributed by atoms with Crippen molar-refractivity contribution < 1.29 is 8.42 Å². The number of nitrogens with zero attached hydrogens (tertiary/aromatic N) is 2. The summed E-state index contributed by atoms with van der Waals surface area (Å²) in [5.41, 5.74) is 0.821. The molecule has 0 fully saturated rings. The van der Waals surface area contributed by atoms with Crippen LogP contribution in [-0.2, 0) is 16.6 Å². The average Bonchev–Trinajstić information content (AvgIpc) is 2.99. The number of H-pyrrole nitrogens is 1. The van der Waals surface area contributed by atoms with Gasteiger partial charge in [-0.2, -0.15) is 9.40 Å². The second-order valence-electron chi connectivity index (χ2n) is 4.88. The van der Waals surface area contributed by atoms with Crippen LogP contribution in [0, 0.1) is 0 Å². The molecule has 0 spiro atoms. The van der Waals surface area contributed by atoms with E-state index in [-0.39, 0.29) is 6.54 Å². The molecule has 0 unspecified atom stereocenters. The molecular weight excluding hydrogens is 286 g/mol. The Morgan fingerprint density at radius 3 is 2.62 bits per heavy atom. The van der Waals surface area contributed by atoms with Gasteiger partial charge in [0.25, 0.3) is 0 Å². The van der Waals surface area contributed by atoms with Gasteiger partial charge in [-0.25, -0.2) is 8.42 Å². The number of fused-ring (bicyclic) bond motifs is 1. The largest absolute Gasteiger partial charge is 0.285 e. The summed E-state index contributed by atoms with van der Waals surface area (Å²) in [5, 5.41) is 8.44. The van der Waals surface area contributed by atoms with Gasteiger partial charge in [-0.15, -0.1) is 0 Å². The highest BCUT2D eigenvalue weighted by molar-refractivity contribution is 7.89. The van der Waals surface area contributed by atoms with Crippen LogP contribution in [-0.4, -0.2) is 30.0 Å². The molecule has 5 nitrogen and oxygen atoms in total. The molecule has 108 valence electrons. The van der Waals surface area contributed by atoms with Crippen molar-refractivity contribution in [3.8, 4) is 0 Å². The third-order valence-corrected chi connectivity index (χ3v) is 5.19. The molecule has 0 bridgehead atoms. The fourth-order valence-electron chi connectivity index (χ4n) is 2.21. The van der Waals surface area contributed by atoms with E-state index >= 15 is 0 Å². The number of nitrogens with one attached hydrogen (secondary N) is 1. The Kier molecular flexibility index (Phi) is 3.48. The maximum Gasteiger partial charge on any atom is 0.243 e. The van der Waals surface area contributed by atoms with Gasteiger partial charge in [0.2, 0.25) is 10.0 Å². The van der Waals surface area contributed by atoms with Crippen LogP contribution in [0.4, 0.5) is 0 Å². The zero-order chi connectivity index (χ0) is 14.9. The fourth-order valence-corrected chi connectivity index (χ4v) is 3.41. The summed E-state index contributed by atoms with van der Waals surface area (Å²) in [4.78, 5) is 0.298. The lowest BCUT2D eigenvalue weighted by atomic mass is 10.1. The van der Waals surface area contributed by atoms with E-state index in [2.05, 4.69) is 10.2 Å². The van der Waals surface area contributed by atoms with Crippen molar-refractivity contribution >= 4 is 20.8 Å². The molecule has 2 aromatic carbocycles. The second kappa shape index (κ2) is 5.31. The molecule has 0 aliphatic carbocycles. The Balaban J connectivity index is 1.95. The van der Waals surface area contributed by atoms with Crippen LogP contribution < -0.4 is 0 Å².